The zero-order valence-electron chi connectivity index (χ0n) is 20.0. The zero-order chi connectivity index (χ0) is 26.4. The molecule has 9 nitrogen and oxygen atoms in total. The van der Waals surface area contributed by atoms with Gasteiger partial charge < -0.3 is 20.4 Å². The Bertz CT molecular complexity index is 1400. The van der Waals surface area contributed by atoms with E-state index in [1.54, 1.807) is 48.5 Å². The first-order valence-corrected chi connectivity index (χ1v) is 11.6. The summed E-state index contributed by atoms with van der Waals surface area (Å²) in [4.78, 5) is 50.8. The second-order valence-electron chi connectivity index (χ2n) is 8.42. The van der Waals surface area contributed by atoms with Crippen molar-refractivity contribution in [1.82, 2.24) is 15.6 Å². The first-order valence-electron chi connectivity index (χ1n) is 11.6. The number of aromatic nitrogens is 1. The van der Waals surface area contributed by atoms with Crippen LogP contribution in [0.15, 0.2) is 71.7 Å². The van der Waals surface area contributed by atoms with Crippen LogP contribution in [0.2, 0.25) is 0 Å². The highest BCUT2D eigenvalue weighted by Crippen LogP contribution is 2.29. The Hall–Kier alpha value is -4.73. The van der Waals surface area contributed by atoms with Crippen LogP contribution in [0.5, 0.6) is 0 Å². The Morgan fingerprint density at radius 2 is 1.92 bits per heavy atom. The number of hydrogen-bond acceptors (Lipinski definition) is 5. The number of ether oxygens (including phenoxy) is 1. The summed E-state index contributed by atoms with van der Waals surface area (Å²) in [7, 11) is 0. The largest absolute Gasteiger partial charge is 0.442 e. The normalized spacial score (nSPS) is 15.0. The van der Waals surface area contributed by atoms with Crippen molar-refractivity contribution in [3.05, 3.63) is 94.2 Å². The van der Waals surface area contributed by atoms with E-state index >= 15 is 0 Å². The Morgan fingerprint density at radius 1 is 1.14 bits per heavy atom. The summed E-state index contributed by atoms with van der Waals surface area (Å²) in [5, 5.41) is 5.34. The second kappa shape index (κ2) is 11.3. The van der Waals surface area contributed by atoms with Crippen molar-refractivity contribution in [3.8, 4) is 11.1 Å². The van der Waals surface area contributed by atoms with Gasteiger partial charge in [0.2, 0.25) is 11.8 Å². The average molecular weight is 505 g/mol. The molecule has 3 amide bonds. The molecule has 3 aromatic rings. The van der Waals surface area contributed by atoms with Crippen molar-refractivity contribution in [3.63, 3.8) is 0 Å². The number of H-pyrrole nitrogens is 1. The predicted molar refractivity (Wildman–Crippen MR) is 136 cm³/mol. The number of halogens is 1. The fourth-order valence-electron chi connectivity index (χ4n) is 3.78. The lowest BCUT2D eigenvalue weighted by Crippen LogP contribution is -2.33. The van der Waals surface area contributed by atoms with Crippen LogP contribution in [-0.4, -0.2) is 42.1 Å². The number of pyridine rings is 1. The number of nitrogens with zero attached hydrogens (tertiary/aromatic N) is 1. The molecule has 0 bridgehead atoms. The molecule has 3 N–H and O–H groups in total. The third-order valence-electron chi connectivity index (χ3n) is 5.71. The van der Waals surface area contributed by atoms with Gasteiger partial charge >= 0.3 is 6.09 Å². The first-order chi connectivity index (χ1) is 17.8. The molecule has 0 spiro atoms. The SMILES string of the molecule is CC(=O)NC[C@H]1CN(c2ccc(-c3ccc(CNC(=O)/C=C/c4ccc[nH]c4=O)cc3)c(F)c2)C(=O)O1. The molecular formula is C27H25FN4O5. The third kappa shape index (κ3) is 6.49. The van der Waals surface area contributed by atoms with Gasteiger partial charge in [-0.15, -0.1) is 0 Å². The Balaban J connectivity index is 1.35. The lowest BCUT2D eigenvalue weighted by Gasteiger charge is -2.15. The molecule has 0 unspecified atom stereocenters. The Labute approximate surface area is 212 Å². The van der Waals surface area contributed by atoms with Crippen LogP contribution in [0.25, 0.3) is 17.2 Å². The summed E-state index contributed by atoms with van der Waals surface area (Å²) < 4.78 is 20.2. The van der Waals surface area contributed by atoms with E-state index < -0.39 is 18.0 Å². The molecule has 0 radical (unpaired) electrons. The maximum absolute atomic E-state index is 15.0. The minimum atomic E-state index is -0.598. The Morgan fingerprint density at radius 3 is 2.62 bits per heavy atom. The average Bonchev–Trinajstić information content (AvgIpc) is 3.26. The lowest BCUT2D eigenvalue weighted by atomic mass is 10.0. The summed E-state index contributed by atoms with van der Waals surface area (Å²) >= 11 is 0. The lowest BCUT2D eigenvalue weighted by molar-refractivity contribution is -0.119. The van der Waals surface area contributed by atoms with Gasteiger partial charge in [0.05, 0.1) is 18.8 Å². The quantitative estimate of drug-likeness (QED) is 0.408. The maximum atomic E-state index is 15.0. The molecule has 1 aromatic heterocycles. The highest BCUT2D eigenvalue weighted by atomic mass is 19.1. The van der Waals surface area contributed by atoms with E-state index in [1.807, 2.05) is 0 Å². The molecule has 1 atom stereocenters. The van der Waals surface area contributed by atoms with Gasteiger partial charge in [-0.3, -0.25) is 19.3 Å². The minimum Gasteiger partial charge on any atom is -0.442 e. The van der Waals surface area contributed by atoms with Crippen LogP contribution >= 0.6 is 0 Å². The minimum absolute atomic E-state index is 0.189. The van der Waals surface area contributed by atoms with Gasteiger partial charge in [-0.2, -0.15) is 0 Å². The van der Waals surface area contributed by atoms with Crippen LogP contribution in [0.1, 0.15) is 18.1 Å². The van der Waals surface area contributed by atoms with E-state index in [9.17, 15) is 23.6 Å². The highest BCUT2D eigenvalue weighted by molar-refractivity contribution is 5.91. The number of carbonyl (C=O) groups is 3. The molecule has 1 saturated heterocycles. The molecule has 2 aromatic carbocycles. The Kier molecular flexibility index (Phi) is 7.77. The number of carbonyl (C=O) groups excluding carboxylic acids is 3. The molecule has 10 heteroatoms. The molecule has 190 valence electrons. The summed E-state index contributed by atoms with van der Waals surface area (Å²) in [6.07, 6.45) is 3.13. The van der Waals surface area contributed by atoms with E-state index in [2.05, 4.69) is 15.6 Å². The summed E-state index contributed by atoms with van der Waals surface area (Å²) in [5.41, 5.74) is 2.26. The number of hydrogen-bond donors (Lipinski definition) is 3. The number of nitrogens with one attached hydrogen (secondary N) is 3. The maximum Gasteiger partial charge on any atom is 0.414 e. The molecule has 0 aliphatic carbocycles. The molecule has 1 fully saturated rings. The molecule has 4 rings (SSSR count). The zero-order valence-corrected chi connectivity index (χ0v) is 20.0. The molecular weight excluding hydrogens is 479 g/mol. The van der Waals surface area contributed by atoms with Gasteiger partial charge in [0.1, 0.15) is 11.9 Å². The van der Waals surface area contributed by atoms with E-state index in [0.29, 0.717) is 22.4 Å². The first kappa shape index (κ1) is 25.4. The van der Waals surface area contributed by atoms with Crippen molar-refractivity contribution in [2.75, 3.05) is 18.0 Å². The smallest absolute Gasteiger partial charge is 0.414 e. The van der Waals surface area contributed by atoms with Crippen LogP contribution in [-0.2, 0) is 20.9 Å². The number of anilines is 1. The van der Waals surface area contributed by atoms with Crippen LogP contribution < -0.4 is 21.1 Å². The van der Waals surface area contributed by atoms with Crippen LogP contribution in [0, 0.1) is 5.82 Å². The number of cyclic esters (lactones) is 1. The standard InChI is InChI=1S/C27H25FN4O5/c1-17(33)30-15-22-16-32(27(36)37-22)21-9-10-23(24(28)13-21)19-6-4-18(5-7-19)14-31-25(34)11-8-20-3-2-12-29-26(20)35/h2-13,22H,14-16H2,1H3,(H,29,35)(H,30,33)(H,31,34)/b11-8+/t22-/m0/s1. The second-order valence-corrected chi connectivity index (χ2v) is 8.42. The van der Waals surface area contributed by atoms with Gasteiger partial charge in [0.15, 0.2) is 0 Å². The number of aromatic amines is 1. The fourth-order valence-corrected chi connectivity index (χ4v) is 3.78. The third-order valence-corrected chi connectivity index (χ3v) is 5.71. The summed E-state index contributed by atoms with van der Waals surface area (Å²) in [6, 6.07) is 14.8. The van der Waals surface area contributed by atoms with E-state index in [-0.39, 0.29) is 37.0 Å². The van der Waals surface area contributed by atoms with Gasteiger partial charge in [-0.25, -0.2) is 9.18 Å². The van der Waals surface area contributed by atoms with E-state index in [1.165, 1.54) is 36.2 Å². The molecule has 1 aliphatic heterocycles. The predicted octanol–water partition coefficient (Wildman–Crippen LogP) is 2.97. The summed E-state index contributed by atoms with van der Waals surface area (Å²) in [5.74, 6) is -1.08. The van der Waals surface area contributed by atoms with Crippen molar-refractivity contribution in [1.29, 1.82) is 0 Å². The molecule has 37 heavy (non-hydrogen) atoms. The number of benzene rings is 2. The molecule has 1 aliphatic rings. The van der Waals surface area contributed by atoms with Crippen LogP contribution in [0.4, 0.5) is 14.9 Å². The van der Waals surface area contributed by atoms with E-state index in [4.69, 9.17) is 4.74 Å². The number of amides is 3. The highest BCUT2D eigenvalue weighted by Gasteiger charge is 2.32. The number of rotatable bonds is 8. The van der Waals surface area contributed by atoms with Gasteiger partial charge in [-0.05, 0) is 47.5 Å². The summed E-state index contributed by atoms with van der Waals surface area (Å²) in [6.45, 7) is 2.02. The topological polar surface area (TPSA) is 121 Å². The van der Waals surface area contributed by atoms with Crippen molar-refractivity contribution in [2.24, 2.45) is 0 Å². The molecule has 2 heterocycles. The fraction of sp³-hybridized carbons (Fsp3) is 0.185. The monoisotopic (exact) mass is 504 g/mol. The van der Waals surface area contributed by atoms with E-state index in [0.717, 1.165) is 5.56 Å². The van der Waals surface area contributed by atoms with Gasteiger partial charge in [0, 0.05) is 36.9 Å². The van der Waals surface area contributed by atoms with Crippen molar-refractivity contribution < 1.29 is 23.5 Å². The van der Waals surface area contributed by atoms with Crippen molar-refractivity contribution in [2.45, 2.75) is 19.6 Å². The molecule has 0 saturated carbocycles. The van der Waals surface area contributed by atoms with Gasteiger partial charge in [0.25, 0.3) is 5.56 Å². The van der Waals surface area contributed by atoms with Crippen LogP contribution in [0.3, 0.4) is 0 Å². The van der Waals surface area contributed by atoms with Crippen molar-refractivity contribution >= 4 is 29.7 Å². The van der Waals surface area contributed by atoms with Gasteiger partial charge in [-0.1, -0.05) is 24.3 Å².